The number of thiazole rings is 1. The molecule has 1 aliphatic rings. The number of benzene rings is 2. The van der Waals surface area contributed by atoms with Gasteiger partial charge in [-0.15, -0.1) is 11.3 Å². The van der Waals surface area contributed by atoms with Crippen LogP contribution in [-0.2, 0) is 4.79 Å². The number of fused-ring (bicyclic) bond motifs is 1. The highest BCUT2D eigenvalue weighted by atomic mass is 35.5. The number of carbonyl (C=O) groups is 3. The Bertz CT molecular complexity index is 1190. The fourth-order valence-electron chi connectivity index (χ4n) is 3.85. The van der Waals surface area contributed by atoms with Crippen LogP contribution in [0.3, 0.4) is 0 Å². The molecule has 3 aromatic rings. The summed E-state index contributed by atoms with van der Waals surface area (Å²) in [5.41, 5.74) is 2.23. The van der Waals surface area contributed by atoms with Gasteiger partial charge in [0.25, 0.3) is 11.8 Å². The van der Waals surface area contributed by atoms with Gasteiger partial charge in [-0.3, -0.25) is 19.3 Å². The maximum Gasteiger partial charge on any atom is 0.262 e. The fourth-order valence-corrected chi connectivity index (χ4v) is 4.88. The summed E-state index contributed by atoms with van der Waals surface area (Å²) in [5, 5.41) is 3.85. The van der Waals surface area contributed by atoms with Crippen LogP contribution in [0.4, 0.5) is 5.13 Å². The third-order valence-corrected chi connectivity index (χ3v) is 6.80. The average molecular weight is 468 g/mol. The molecule has 2 heterocycles. The standard InChI is InChI=1S/C24H22ClN3O3S/c1-4-13(2)20(28-22(30)17-10-5-6-11-18(17)23(28)31)21(29)27-24-26-19(14(3)32-24)15-8-7-9-16(25)12-15/h5-13,20H,4H2,1-3H3,(H,26,27,29). The Labute approximate surface area is 195 Å². The van der Waals surface area contributed by atoms with Crippen LogP contribution in [0.15, 0.2) is 48.5 Å². The zero-order valence-electron chi connectivity index (χ0n) is 17.9. The van der Waals surface area contributed by atoms with Crippen LogP contribution < -0.4 is 5.32 Å². The lowest BCUT2D eigenvalue weighted by Gasteiger charge is -2.29. The summed E-state index contributed by atoms with van der Waals surface area (Å²) in [7, 11) is 0. The number of aromatic nitrogens is 1. The molecule has 0 radical (unpaired) electrons. The molecule has 6 nitrogen and oxygen atoms in total. The number of nitrogens with zero attached hydrogens (tertiary/aromatic N) is 2. The van der Waals surface area contributed by atoms with Crippen molar-refractivity contribution in [3.63, 3.8) is 0 Å². The van der Waals surface area contributed by atoms with E-state index in [9.17, 15) is 14.4 Å². The second-order valence-electron chi connectivity index (χ2n) is 7.78. The smallest absolute Gasteiger partial charge is 0.262 e. The van der Waals surface area contributed by atoms with Crippen molar-refractivity contribution in [1.29, 1.82) is 0 Å². The van der Waals surface area contributed by atoms with E-state index in [2.05, 4.69) is 10.3 Å². The first-order valence-corrected chi connectivity index (χ1v) is 11.5. The van der Waals surface area contributed by atoms with Crippen molar-refractivity contribution >= 4 is 45.8 Å². The lowest BCUT2D eigenvalue weighted by Crippen LogP contribution is -2.50. The normalized spacial score (nSPS) is 14.9. The van der Waals surface area contributed by atoms with Crippen molar-refractivity contribution in [2.45, 2.75) is 33.2 Å². The van der Waals surface area contributed by atoms with Crippen LogP contribution in [0.25, 0.3) is 11.3 Å². The van der Waals surface area contributed by atoms with Crippen LogP contribution in [0.1, 0.15) is 45.9 Å². The Morgan fingerprint density at radius 3 is 2.38 bits per heavy atom. The molecule has 3 amide bonds. The Morgan fingerprint density at radius 2 is 1.78 bits per heavy atom. The average Bonchev–Trinajstić information content (AvgIpc) is 3.26. The van der Waals surface area contributed by atoms with E-state index in [-0.39, 0.29) is 5.92 Å². The third kappa shape index (κ3) is 3.94. The van der Waals surface area contributed by atoms with Crippen LogP contribution >= 0.6 is 22.9 Å². The predicted molar refractivity (Wildman–Crippen MR) is 126 cm³/mol. The molecule has 1 aliphatic heterocycles. The second kappa shape index (κ2) is 8.84. The Hall–Kier alpha value is -3.03. The van der Waals surface area contributed by atoms with Gasteiger partial charge in [-0.2, -0.15) is 0 Å². The maximum absolute atomic E-state index is 13.3. The van der Waals surface area contributed by atoms with Gasteiger partial charge in [0.15, 0.2) is 5.13 Å². The minimum atomic E-state index is -0.939. The molecule has 32 heavy (non-hydrogen) atoms. The second-order valence-corrected chi connectivity index (χ2v) is 9.42. The number of halogens is 1. The maximum atomic E-state index is 13.3. The molecule has 2 unspecified atom stereocenters. The highest BCUT2D eigenvalue weighted by molar-refractivity contribution is 7.16. The minimum Gasteiger partial charge on any atom is -0.300 e. The number of hydrogen-bond acceptors (Lipinski definition) is 5. The summed E-state index contributed by atoms with van der Waals surface area (Å²) < 4.78 is 0. The topological polar surface area (TPSA) is 79.4 Å². The van der Waals surface area contributed by atoms with Crippen molar-refractivity contribution < 1.29 is 14.4 Å². The van der Waals surface area contributed by atoms with E-state index in [1.165, 1.54) is 11.3 Å². The van der Waals surface area contributed by atoms with Crippen molar-refractivity contribution in [1.82, 2.24) is 9.88 Å². The summed E-state index contributed by atoms with van der Waals surface area (Å²) in [5.74, 6) is -1.55. The van der Waals surface area contributed by atoms with Crippen LogP contribution in [-0.4, -0.2) is 33.6 Å². The molecule has 1 aromatic heterocycles. The van der Waals surface area contributed by atoms with Gasteiger partial charge in [-0.25, -0.2) is 4.98 Å². The van der Waals surface area contributed by atoms with Crippen molar-refractivity contribution in [3.8, 4) is 11.3 Å². The fraction of sp³-hybridized carbons (Fsp3) is 0.250. The number of amides is 3. The molecular weight excluding hydrogens is 446 g/mol. The summed E-state index contributed by atoms with van der Waals surface area (Å²) in [6.07, 6.45) is 0.621. The van der Waals surface area contributed by atoms with Gasteiger partial charge in [0.1, 0.15) is 6.04 Å². The Kier molecular flexibility index (Phi) is 6.13. The van der Waals surface area contributed by atoms with Gasteiger partial charge in [0.05, 0.1) is 16.8 Å². The number of rotatable bonds is 6. The predicted octanol–water partition coefficient (Wildman–Crippen LogP) is 5.42. The number of carbonyl (C=O) groups excluding carboxylic acids is 3. The van der Waals surface area contributed by atoms with E-state index in [0.29, 0.717) is 27.7 Å². The number of hydrogen-bond donors (Lipinski definition) is 1. The first-order chi connectivity index (χ1) is 15.3. The molecule has 0 bridgehead atoms. The SMILES string of the molecule is CCC(C)C(C(=O)Nc1nc(-c2cccc(Cl)c2)c(C)s1)N1C(=O)c2ccccc2C1=O. The van der Waals surface area contributed by atoms with Gasteiger partial charge in [0, 0.05) is 15.5 Å². The Balaban J connectivity index is 1.63. The van der Waals surface area contributed by atoms with Gasteiger partial charge in [-0.05, 0) is 37.1 Å². The third-order valence-electron chi connectivity index (χ3n) is 5.68. The molecule has 4 rings (SSSR count). The number of aryl methyl sites for hydroxylation is 1. The summed E-state index contributed by atoms with van der Waals surface area (Å²) in [4.78, 5) is 45.9. The van der Waals surface area contributed by atoms with E-state index >= 15 is 0 Å². The molecule has 0 aliphatic carbocycles. The molecule has 0 saturated carbocycles. The minimum absolute atomic E-state index is 0.231. The summed E-state index contributed by atoms with van der Waals surface area (Å²) in [6, 6.07) is 13.1. The molecule has 2 atom stereocenters. The number of nitrogens with one attached hydrogen (secondary N) is 1. The first-order valence-electron chi connectivity index (χ1n) is 10.3. The molecule has 1 N–H and O–H groups in total. The molecule has 8 heteroatoms. The lowest BCUT2D eigenvalue weighted by atomic mass is 9.96. The zero-order valence-corrected chi connectivity index (χ0v) is 19.5. The highest BCUT2D eigenvalue weighted by Gasteiger charge is 2.44. The monoisotopic (exact) mass is 467 g/mol. The first kappa shape index (κ1) is 22.2. The van der Waals surface area contributed by atoms with Crippen molar-refractivity contribution in [2.75, 3.05) is 5.32 Å². The van der Waals surface area contributed by atoms with Crippen LogP contribution in [0.5, 0.6) is 0 Å². The largest absolute Gasteiger partial charge is 0.300 e. The molecule has 0 spiro atoms. The molecule has 0 saturated heterocycles. The number of imide groups is 1. The summed E-state index contributed by atoms with van der Waals surface area (Å²) in [6.45, 7) is 5.70. The summed E-state index contributed by atoms with van der Waals surface area (Å²) >= 11 is 7.44. The van der Waals surface area contributed by atoms with Gasteiger partial charge in [0.2, 0.25) is 5.91 Å². The molecule has 0 fully saturated rings. The van der Waals surface area contributed by atoms with E-state index in [1.54, 1.807) is 30.3 Å². The highest BCUT2D eigenvalue weighted by Crippen LogP contribution is 2.33. The molecular formula is C24H22ClN3O3S. The molecule has 164 valence electrons. The van der Waals surface area contributed by atoms with Gasteiger partial charge in [-0.1, -0.05) is 56.1 Å². The van der Waals surface area contributed by atoms with E-state index in [1.807, 2.05) is 39.0 Å². The number of anilines is 1. The Morgan fingerprint density at radius 1 is 1.12 bits per heavy atom. The van der Waals surface area contributed by atoms with Gasteiger partial charge < -0.3 is 5.32 Å². The van der Waals surface area contributed by atoms with E-state index < -0.39 is 23.8 Å². The van der Waals surface area contributed by atoms with Crippen molar-refractivity contribution in [3.05, 3.63) is 69.6 Å². The van der Waals surface area contributed by atoms with E-state index in [0.717, 1.165) is 21.0 Å². The van der Waals surface area contributed by atoms with Crippen LogP contribution in [0.2, 0.25) is 5.02 Å². The zero-order chi connectivity index (χ0) is 23.0. The quantitative estimate of drug-likeness (QED) is 0.491. The molecule has 2 aromatic carbocycles. The van der Waals surface area contributed by atoms with E-state index in [4.69, 9.17) is 11.6 Å². The van der Waals surface area contributed by atoms with Crippen molar-refractivity contribution in [2.24, 2.45) is 5.92 Å². The van der Waals surface area contributed by atoms with Gasteiger partial charge >= 0.3 is 0 Å². The van der Waals surface area contributed by atoms with Crippen LogP contribution in [0, 0.1) is 12.8 Å². The lowest BCUT2D eigenvalue weighted by molar-refractivity contribution is -0.121.